The van der Waals surface area contributed by atoms with Gasteiger partial charge in [-0.15, -0.1) is 0 Å². The van der Waals surface area contributed by atoms with Gasteiger partial charge in [0.25, 0.3) is 0 Å². The van der Waals surface area contributed by atoms with Gasteiger partial charge >= 0.3 is 6.18 Å². The molecule has 1 aromatic heterocycles. The summed E-state index contributed by atoms with van der Waals surface area (Å²) < 4.78 is 71.5. The third-order valence-electron chi connectivity index (χ3n) is 8.69. The molecule has 1 heterocycles. The predicted molar refractivity (Wildman–Crippen MR) is 137 cm³/mol. The van der Waals surface area contributed by atoms with E-state index in [1.807, 2.05) is 12.3 Å². The van der Waals surface area contributed by atoms with Gasteiger partial charge in [-0.05, 0) is 91.6 Å². The van der Waals surface area contributed by atoms with Crippen molar-refractivity contribution in [3.8, 4) is 5.69 Å². The number of rotatable bonds is 4. The molecule has 0 bridgehead atoms. The molecular formula is C30H28F5N3. The van der Waals surface area contributed by atoms with E-state index in [0.29, 0.717) is 24.9 Å². The van der Waals surface area contributed by atoms with Crippen molar-refractivity contribution in [2.24, 2.45) is 23.2 Å². The van der Waals surface area contributed by atoms with Crippen molar-refractivity contribution in [3.63, 3.8) is 0 Å². The lowest BCUT2D eigenvalue weighted by molar-refractivity contribution is -0.193. The summed E-state index contributed by atoms with van der Waals surface area (Å²) in [7, 11) is 0. The van der Waals surface area contributed by atoms with Gasteiger partial charge in [0, 0.05) is 17.6 Å². The van der Waals surface area contributed by atoms with Gasteiger partial charge in [-0.3, -0.25) is 0 Å². The standard InChI is InChI=1S/C30H28F5N3/c1-29-15-18-16-37-38(23-8-6-20(31)7-9-23)28(18)13-19(29)5-10-24-25(17-36-22-4-2-3-21(32)14-22)27(30(33,34)35)12-11-26(24)29/h2-4,6-9,11,13-14,16,24-25,27,36H,5,10,12,15,17H2,1H3/t24-,25-,27-,29+/m1/s1. The van der Waals surface area contributed by atoms with Crippen molar-refractivity contribution in [1.29, 1.82) is 0 Å². The van der Waals surface area contributed by atoms with Gasteiger partial charge in [0.15, 0.2) is 0 Å². The lowest BCUT2D eigenvalue weighted by Crippen LogP contribution is -2.47. The Morgan fingerprint density at radius 3 is 2.61 bits per heavy atom. The number of anilines is 1. The summed E-state index contributed by atoms with van der Waals surface area (Å²) in [6.45, 7) is 2.26. The second-order valence-electron chi connectivity index (χ2n) is 10.9. The molecule has 198 valence electrons. The summed E-state index contributed by atoms with van der Waals surface area (Å²) in [5, 5.41) is 7.66. The lowest BCUT2D eigenvalue weighted by atomic mass is 9.54. The zero-order chi connectivity index (χ0) is 26.7. The number of nitrogens with zero attached hydrogens (tertiary/aromatic N) is 2. The van der Waals surface area contributed by atoms with E-state index in [-0.39, 0.29) is 30.1 Å². The van der Waals surface area contributed by atoms with E-state index in [9.17, 15) is 22.0 Å². The van der Waals surface area contributed by atoms with Crippen molar-refractivity contribution in [1.82, 2.24) is 9.78 Å². The van der Waals surface area contributed by atoms with Crippen LogP contribution in [0.5, 0.6) is 0 Å². The van der Waals surface area contributed by atoms with Crippen LogP contribution in [-0.2, 0) is 6.42 Å². The van der Waals surface area contributed by atoms with Crippen LogP contribution in [0, 0.1) is 34.8 Å². The first-order valence-corrected chi connectivity index (χ1v) is 12.9. The molecule has 1 saturated carbocycles. The minimum absolute atomic E-state index is 0.0601. The summed E-state index contributed by atoms with van der Waals surface area (Å²) in [4.78, 5) is 0. The number of hydrogen-bond donors (Lipinski definition) is 1. The molecule has 1 fully saturated rings. The monoisotopic (exact) mass is 525 g/mol. The average Bonchev–Trinajstić information content (AvgIpc) is 3.27. The first-order valence-electron chi connectivity index (χ1n) is 12.9. The van der Waals surface area contributed by atoms with Gasteiger partial charge in [-0.2, -0.15) is 18.3 Å². The van der Waals surface area contributed by atoms with E-state index < -0.39 is 23.8 Å². The van der Waals surface area contributed by atoms with Crippen molar-refractivity contribution in [3.05, 3.63) is 94.8 Å². The van der Waals surface area contributed by atoms with E-state index in [2.05, 4.69) is 23.4 Å². The first-order chi connectivity index (χ1) is 18.1. The molecule has 0 unspecified atom stereocenters. The molecule has 4 atom stereocenters. The van der Waals surface area contributed by atoms with Crippen molar-refractivity contribution in [2.75, 3.05) is 11.9 Å². The maximum atomic E-state index is 14.2. The minimum Gasteiger partial charge on any atom is -0.385 e. The number of allylic oxidation sites excluding steroid dienone is 3. The molecule has 3 aliphatic rings. The summed E-state index contributed by atoms with van der Waals surface area (Å²) >= 11 is 0. The van der Waals surface area contributed by atoms with Gasteiger partial charge in [-0.1, -0.05) is 30.2 Å². The predicted octanol–water partition coefficient (Wildman–Crippen LogP) is 7.74. The molecule has 0 aliphatic heterocycles. The number of alkyl halides is 3. The molecule has 3 aromatic rings. The van der Waals surface area contributed by atoms with E-state index >= 15 is 0 Å². The first kappa shape index (κ1) is 24.9. The fraction of sp³-hybridized carbons (Fsp3) is 0.367. The Balaban J connectivity index is 1.32. The van der Waals surface area contributed by atoms with Crippen LogP contribution in [0.2, 0.25) is 0 Å². The summed E-state index contributed by atoms with van der Waals surface area (Å²) in [5.41, 5.74) is 5.09. The van der Waals surface area contributed by atoms with Gasteiger partial charge in [-0.25, -0.2) is 13.5 Å². The molecule has 0 saturated heterocycles. The zero-order valence-corrected chi connectivity index (χ0v) is 20.9. The molecule has 0 radical (unpaired) electrons. The fourth-order valence-corrected chi connectivity index (χ4v) is 6.83. The van der Waals surface area contributed by atoms with Gasteiger partial charge in [0.1, 0.15) is 11.6 Å². The molecular weight excluding hydrogens is 497 g/mol. The number of halogens is 5. The molecule has 1 N–H and O–H groups in total. The molecule has 0 spiro atoms. The van der Waals surface area contributed by atoms with Crippen LogP contribution in [0.1, 0.15) is 37.4 Å². The Hall–Kier alpha value is -3.42. The van der Waals surface area contributed by atoms with E-state index in [1.165, 1.54) is 29.8 Å². The molecule has 2 aromatic carbocycles. The molecule has 38 heavy (non-hydrogen) atoms. The second-order valence-corrected chi connectivity index (χ2v) is 10.9. The number of hydrogen-bond acceptors (Lipinski definition) is 2. The molecule has 0 amide bonds. The third-order valence-corrected chi connectivity index (χ3v) is 8.69. The average molecular weight is 526 g/mol. The summed E-state index contributed by atoms with van der Waals surface area (Å²) in [6, 6.07) is 12.0. The highest BCUT2D eigenvalue weighted by Crippen LogP contribution is 2.58. The topological polar surface area (TPSA) is 29.9 Å². The number of aromatic nitrogens is 2. The Bertz CT molecular complexity index is 1420. The number of fused-ring (bicyclic) bond motifs is 4. The maximum absolute atomic E-state index is 14.2. The molecule has 6 rings (SSSR count). The number of benzene rings is 2. The van der Waals surface area contributed by atoms with Crippen LogP contribution in [0.25, 0.3) is 11.8 Å². The highest BCUT2D eigenvalue weighted by molar-refractivity contribution is 5.63. The van der Waals surface area contributed by atoms with Crippen LogP contribution < -0.4 is 5.32 Å². The van der Waals surface area contributed by atoms with E-state index in [4.69, 9.17) is 0 Å². The van der Waals surface area contributed by atoms with Crippen LogP contribution in [0.3, 0.4) is 0 Å². The highest BCUT2D eigenvalue weighted by atomic mass is 19.4. The Kier molecular flexibility index (Phi) is 5.96. The number of nitrogens with one attached hydrogen (secondary N) is 1. The summed E-state index contributed by atoms with van der Waals surface area (Å²) in [5.74, 6) is -3.08. The Morgan fingerprint density at radius 2 is 1.87 bits per heavy atom. The fourth-order valence-electron chi connectivity index (χ4n) is 6.83. The van der Waals surface area contributed by atoms with Gasteiger partial charge in [0.2, 0.25) is 0 Å². The Labute approximate surface area is 218 Å². The van der Waals surface area contributed by atoms with Gasteiger partial charge < -0.3 is 5.32 Å². The Morgan fingerprint density at radius 1 is 1.08 bits per heavy atom. The van der Waals surface area contributed by atoms with Crippen LogP contribution in [0.15, 0.2) is 72.0 Å². The quantitative estimate of drug-likeness (QED) is 0.279. The normalized spacial score (nSPS) is 26.5. The van der Waals surface area contributed by atoms with Crippen molar-refractivity contribution < 1.29 is 22.0 Å². The second kappa shape index (κ2) is 9.10. The smallest absolute Gasteiger partial charge is 0.385 e. The van der Waals surface area contributed by atoms with Gasteiger partial charge in [0.05, 0.1) is 23.5 Å². The summed E-state index contributed by atoms with van der Waals surface area (Å²) in [6.07, 6.45) is 3.36. The third kappa shape index (κ3) is 4.24. The molecule has 8 heteroatoms. The SMILES string of the molecule is C[C@]12Cc3cnn(-c4ccc(F)cc4)c3C=C1CC[C@H]1C2=CC[C@@H](C(F)(F)F)[C@@H]1CNc1cccc(F)c1. The van der Waals surface area contributed by atoms with Crippen LogP contribution in [-0.4, -0.2) is 22.5 Å². The molecule has 3 nitrogen and oxygen atoms in total. The van der Waals surface area contributed by atoms with E-state index in [0.717, 1.165) is 22.5 Å². The van der Waals surface area contributed by atoms with Crippen molar-refractivity contribution >= 4 is 11.8 Å². The van der Waals surface area contributed by atoms with Crippen LogP contribution in [0.4, 0.5) is 27.6 Å². The van der Waals surface area contributed by atoms with Crippen molar-refractivity contribution in [2.45, 2.75) is 38.8 Å². The maximum Gasteiger partial charge on any atom is 0.392 e. The van der Waals surface area contributed by atoms with Crippen LogP contribution >= 0.6 is 0 Å². The lowest BCUT2D eigenvalue weighted by Gasteiger charge is -2.51. The van der Waals surface area contributed by atoms with E-state index in [1.54, 1.807) is 28.9 Å². The minimum atomic E-state index is -4.32. The molecule has 3 aliphatic carbocycles. The zero-order valence-electron chi connectivity index (χ0n) is 20.9. The highest BCUT2D eigenvalue weighted by Gasteiger charge is 2.54. The largest absolute Gasteiger partial charge is 0.392 e.